The van der Waals surface area contributed by atoms with Gasteiger partial charge in [-0.1, -0.05) is 39.1 Å². The molecule has 7 nitrogen and oxygen atoms in total. The van der Waals surface area contributed by atoms with Gasteiger partial charge in [-0.3, -0.25) is 25.8 Å². The van der Waals surface area contributed by atoms with Gasteiger partial charge in [0, 0.05) is 9.50 Å². The maximum atomic E-state index is 12.2. The molecule has 0 aromatic heterocycles. The molecule has 0 spiro atoms. The van der Waals surface area contributed by atoms with Gasteiger partial charge in [-0.15, -0.1) is 0 Å². The Hall–Kier alpha value is -2.07. The highest BCUT2D eigenvalue weighted by Gasteiger charge is 2.17. The summed E-state index contributed by atoms with van der Waals surface area (Å²) in [6, 6.07) is 10.0. The molecule has 1 atom stereocenters. The van der Waals surface area contributed by atoms with Gasteiger partial charge in [-0.05, 0) is 68.0 Å². The third kappa shape index (κ3) is 7.64. The molecule has 1 unspecified atom stereocenters. The van der Waals surface area contributed by atoms with E-state index in [1.165, 1.54) is 13.0 Å². The van der Waals surface area contributed by atoms with Gasteiger partial charge in [0.2, 0.25) is 0 Å². The topological polar surface area (TPSA) is 88.7 Å². The molecular weight excluding hydrogens is 517 g/mol. The van der Waals surface area contributed by atoms with Crippen LogP contribution in [-0.2, 0) is 9.59 Å². The van der Waals surface area contributed by atoms with Gasteiger partial charge < -0.3 is 9.47 Å². The minimum atomic E-state index is -0.900. The van der Waals surface area contributed by atoms with Gasteiger partial charge in [0.15, 0.2) is 17.8 Å². The second-order valence-electron chi connectivity index (χ2n) is 6.03. The van der Waals surface area contributed by atoms with Gasteiger partial charge >= 0.3 is 0 Å². The molecule has 0 fully saturated rings. The van der Waals surface area contributed by atoms with E-state index >= 15 is 0 Å². The maximum absolute atomic E-state index is 12.2. The number of hydrogen-bond donors (Lipinski definition) is 3. The van der Waals surface area contributed by atoms with Crippen LogP contribution < -0.4 is 25.6 Å². The molecule has 3 N–H and O–H groups in total. The zero-order valence-electron chi connectivity index (χ0n) is 15.9. The van der Waals surface area contributed by atoms with Crippen LogP contribution in [0.1, 0.15) is 12.5 Å². The molecule has 30 heavy (non-hydrogen) atoms. The Kier molecular flexibility index (Phi) is 9.16. The van der Waals surface area contributed by atoms with E-state index < -0.39 is 17.9 Å². The van der Waals surface area contributed by atoms with E-state index in [9.17, 15) is 9.59 Å². The fraction of sp³-hybridized carbons (Fsp3) is 0.211. The summed E-state index contributed by atoms with van der Waals surface area (Å²) in [6.45, 7) is 3.19. The van der Waals surface area contributed by atoms with Crippen molar-refractivity contribution in [3.8, 4) is 11.5 Å². The fourth-order valence-corrected chi connectivity index (χ4v) is 2.93. The smallest absolute Gasteiger partial charge is 0.276 e. The first-order chi connectivity index (χ1) is 14.2. The van der Waals surface area contributed by atoms with Crippen LogP contribution in [0.4, 0.5) is 0 Å². The number of rotatable bonds is 6. The largest absolute Gasteiger partial charge is 0.484 e. The van der Waals surface area contributed by atoms with E-state index in [1.807, 2.05) is 13.0 Å². The molecule has 0 saturated heterocycles. The predicted molar refractivity (Wildman–Crippen MR) is 123 cm³/mol. The Morgan fingerprint density at radius 1 is 1.17 bits per heavy atom. The zero-order chi connectivity index (χ0) is 22.3. The molecule has 11 heteroatoms. The summed E-state index contributed by atoms with van der Waals surface area (Å²) in [5, 5.41) is 3.02. The van der Waals surface area contributed by atoms with Crippen molar-refractivity contribution in [2.75, 3.05) is 6.61 Å². The lowest BCUT2D eigenvalue weighted by Crippen LogP contribution is -2.51. The molecule has 160 valence electrons. The minimum absolute atomic E-state index is 0.106. The van der Waals surface area contributed by atoms with E-state index in [4.69, 9.17) is 44.9 Å². The molecule has 2 aromatic rings. The molecule has 2 rings (SSSR count). The summed E-state index contributed by atoms with van der Waals surface area (Å²) >= 11 is 20.2. The Morgan fingerprint density at radius 2 is 1.90 bits per heavy atom. The number of thiocarbonyl (C=S) groups is 1. The first kappa shape index (κ1) is 24.2. The number of benzene rings is 2. The van der Waals surface area contributed by atoms with Crippen LogP contribution in [0.2, 0.25) is 10.0 Å². The van der Waals surface area contributed by atoms with Crippen LogP contribution in [0.5, 0.6) is 11.5 Å². The van der Waals surface area contributed by atoms with Crippen LogP contribution in [0.3, 0.4) is 0 Å². The number of carbonyl (C=O) groups excluding carboxylic acids is 2. The first-order valence-corrected chi connectivity index (χ1v) is 10.5. The highest BCUT2D eigenvalue weighted by atomic mass is 79.9. The molecule has 0 aliphatic heterocycles. The summed E-state index contributed by atoms with van der Waals surface area (Å²) in [6.07, 6.45) is -0.900. The Morgan fingerprint density at radius 3 is 2.57 bits per heavy atom. The third-order valence-electron chi connectivity index (χ3n) is 3.62. The van der Waals surface area contributed by atoms with Crippen molar-refractivity contribution < 1.29 is 19.1 Å². The van der Waals surface area contributed by atoms with Gasteiger partial charge in [0.05, 0.1) is 5.02 Å². The van der Waals surface area contributed by atoms with Gasteiger partial charge in [0.25, 0.3) is 11.8 Å². The van der Waals surface area contributed by atoms with E-state index in [1.54, 1.807) is 24.3 Å². The van der Waals surface area contributed by atoms with Crippen LogP contribution >= 0.6 is 51.3 Å². The molecule has 2 amide bonds. The highest BCUT2D eigenvalue weighted by Crippen LogP contribution is 2.28. The van der Waals surface area contributed by atoms with Gasteiger partial charge in [0.1, 0.15) is 11.5 Å². The Labute approximate surface area is 197 Å². The normalized spacial score (nSPS) is 11.2. The lowest BCUT2D eigenvalue weighted by atomic mass is 10.2. The van der Waals surface area contributed by atoms with Crippen molar-refractivity contribution in [1.29, 1.82) is 0 Å². The number of amides is 2. The summed E-state index contributed by atoms with van der Waals surface area (Å²) < 4.78 is 11.8. The lowest BCUT2D eigenvalue weighted by molar-refractivity contribution is -0.126. The quantitative estimate of drug-likeness (QED) is 0.384. The number of nitrogens with one attached hydrogen (secondary N) is 3. The van der Waals surface area contributed by atoms with Crippen molar-refractivity contribution in [2.24, 2.45) is 0 Å². The summed E-state index contributed by atoms with van der Waals surface area (Å²) in [5.74, 6) is -0.163. The molecule has 2 aromatic carbocycles. The van der Waals surface area contributed by atoms with E-state index in [-0.39, 0.29) is 16.7 Å². The average molecular weight is 535 g/mol. The van der Waals surface area contributed by atoms with Crippen LogP contribution in [0, 0.1) is 6.92 Å². The minimum Gasteiger partial charge on any atom is -0.484 e. The van der Waals surface area contributed by atoms with Gasteiger partial charge in [-0.2, -0.15) is 0 Å². The molecular formula is C19H18BrCl2N3O4S. The van der Waals surface area contributed by atoms with Crippen molar-refractivity contribution >= 4 is 68.3 Å². The van der Waals surface area contributed by atoms with E-state index in [0.29, 0.717) is 16.5 Å². The van der Waals surface area contributed by atoms with Crippen molar-refractivity contribution in [1.82, 2.24) is 16.2 Å². The van der Waals surface area contributed by atoms with E-state index in [0.717, 1.165) is 10.0 Å². The number of hydrogen-bond acceptors (Lipinski definition) is 5. The van der Waals surface area contributed by atoms with Crippen molar-refractivity contribution in [3.05, 3.63) is 56.5 Å². The summed E-state index contributed by atoms with van der Waals surface area (Å²) in [5.41, 5.74) is 5.73. The summed E-state index contributed by atoms with van der Waals surface area (Å²) in [4.78, 5) is 24.0. The molecule has 0 saturated carbocycles. The summed E-state index contributed by atoms with van der Waals surface area (Å²) in [7, 11) is 0. The van der Waals surface area contributed by atoms with Gasteiger partial charge in [-0.25, -0.2) is 0 Å². The SMILES string of the molecule is Cc1cc(OCC(=O)NNC(=S)NC(=O)C(C)Oc2ccc(Cl)cc2Cl)ccc1Br. The number of carbonyl (C=O) groups is 2. The van der Waals surface area contributed by atoms with Crippen LogP contribution in [0.25, 0.3) is 0 Å². The second kappa shape index (κ2) is 11.4. The third-order valence-corrected chi connectivity index (χ3v) is 5.24. The van der Waals surface area contributed by atoms with Crippen LogP contribution in [0.15, 0.2) is 40.9 Å². The van der Waals surface area contributed by atoms with Crippen molar-refractivity contribution in [2.45, 2.75) is 20.0 Å². The number of ether oxygens (including phenoxy) is 2. The monoisotopic (exact) mass is 533 g/mol. The predicted octanol–water partition coefficient (Wildman–Crippen LogP) is 3.93. The molecule has 0 radical (unpaired) electrons. The van der Waals surface area contributed by atoms with Crippen molar-refractivity contribution in [3.63, 3.8) is 0 Å². The Bertz CT molecular complexity index is 961. The molecule has 0 aliphatic rings. The number of halogens is 3. The molecule has 0 aliphatic carbocycles. The molecule has 0 bridgehead atoms. The standard InChI is InChI=1S/C19H18BrCl2N3O4S/c1-10-7-13(4-5-14(10)20)28-9-17(26)24-25-19(30)23-18(27)11(2)29-16-6-3-12(21)8-15(16)22/h3-8,11H,9H2,1-2H3,(H,24,26)(H2,23,25,27,30). The maximum Gasteiger partial charge on any atom is 0.276 e. The highest BCUT2D eigenvalue weighted by molar-refractivity contribution is 9.10. The number of aryl methyl sites for hydroxylation is 1. The fourth-order valence-electron chi connectivity index (χ4n) is 2.08. The average Bonchev–Trinajstić information content (AvgIpc) is 2.69. The van der Waals surface area contributed by atoms with E-state index in [2.05, 4.69) is 32.1 Å². The zero-order valence-corrected chi connectivity index (χ0v) is 19.8. The Balaban J connectivity index is 1.74. The second-order valence-corrected chi connectivity index (χ2v) is 8.13. The molecule has 0 heterocycles. The first-order valence-electron chi connectivity index (χ1n) is 8.56. The lowest BCUT2D eigenvalue weighted by Gasteiger charge is -2.17. The van der Waals surface area contributed by atoms with Crippen LogP contribution in [-0.4, -0.2) is 29.6 Å². The number of hydrazine groups is 1.